The van der Waals surface area contributed by atoms with Crippen LogP contribution in [0.4, 0.5) is 11.4 Å². The summed E-state index contributed by atoms with van der Waals surface area (Å²) in [5.74, 6) is -3.50. The van der Waals surface area contributed by atoms with E-state index in [-0.39, 0.29) is 10.8 Å². The first-order valence-electron chi connectivity index (χ1n) is 9.58. The van der Waals surface area contributed by atoms with Gasteiger partial charge in [-0.15, -0.1) is 0 Å². The Morgan fingerprint density at radius 2 is 1.52 bits per heavy atom. The number of nitrogens with zero attached hydrogens (tertiary/aromatic N) is 2. The van der Waals surface area contributed by atoms with Crippen LogP contribution in [-0.2, 0) is 14.4 Å². The Morgan fingerprint density at radius 1 is 1.00 bits per heavy atom. The lowest BCUT2D eigenvalue weighted by Gasteiger charge is -2.19. The molecule has 0 saturated carbocycles. The number of thiocarbonyl (C=S) groups is 1. The van der Waals surface area contributed by atoms with Crippen molar-refractivity contribution in [2.45, 2.75) is 27.7 Å². The van der Waals surface area contributed by atoms with Crippen LogP contribution in [0.3, 0.4) is 0 Å². The number of aryl methyl sites for hydroxylation is 4. The number of carbonyl (C=O) groups is 3. The summed E-state index contributed by atoms with van der Waals surface area (Å²) in [6.07, 6.45) is 0. The summed E-state index contributed by atoms with van der Waals surface area (Å²) >= 11 is 4.76. The average molecular weight is 438 g/mol. The second-order valence-electron chi connectivity index (χ2n) is 7.38. The third-order valence-electron chi connectivity index (χ3n) is 5.10. The molecule has 3 rings (SSSR count). The van der Waals surface area contributed by atoms with E-state index in [9.17, 15) is 14.4 Å². The summed E-state index contributed by atoms with van der Waals surface area (Å²) in [5.41, 5.74) is 11.6. The Hall–Kier alpha value is -3.59. The standard InChI is InChI=1S/C22H23N5O3S/c1-11-7-5-8-12(2)16(11)24-19(28)15-17(25-26-22(23)31)21(30)27(20(15)29)18-13(3)9-6-10-14(18)4/h5-10,15H,1-4H3,(H,24,28)(H3,23,26,31)/b25-17-/t15-/m0/s1. The fourth-order valence-electron chi connectivity index (χ4n) is 3.63. The molecule has 2 aromatic rings. The number of hydrazone groups is 1. The van der Waals surface area contributed by atoms with E-state index in [0.29, 0.717) is 11.4 Å². The van der Waals surface area contributed by atoms with Crippen molar-refractivity contribution in [2.24, 2.45) is 16.8 Å². The minimum atomic E-state index is -1.45. The highest BCUT2D eigenvalue weighted by Gasteiger charge is 2.50. The molecule has 1 fully saturated rings. The lowest BCUT2D eigenvalue weighted by atomic mass is 10.0. The van der Waals surface area contributed by atoms with Gasteiger partial charge in [-0.05, 0) is 62.2 Å². The number of amides is 3. The molecule has 160 valence electrons. The van der Waals surface area contributed by atoms with Gasteiger partial charge in [0.1, 0.15) is 5.71 Å². The van der Waals surface area contributed by atoms with Crippen molar-refractivity contribution < 1.29 is 14.4 Å². The smallest absolute Gasteiger partial charge is 0.282 e. The van der Waals surface area contributed by atoms with Gasteiger partial charge in [0.25, 0.3) is 11.8 Å². The molecule has 0 aliphatic carbocycles. The second kappa shape index (κ2) is 8.65. The number of benzene rings is 2. The molecule has 1 aliphatic rings. The molecule has 2 aromatic carbocycles. The predicted molar refractivity (Wildman–Crippen MR) is 124 cm³/mol. The fraction of sp³-hybridized carbons (Fsp3) is 0.227. The van der Waals surface area contributed by atoms with Gasteiger partial charge < -0.3 is 11.1 Å². The minimum absolute atomic E-state index is 0.188. The van der Waals surface area contributed by atoms with Crippen molar-refractivity contribution in [1.82, 2.24) is 5.43 Å². The highest BCUT2D eigenvalue weighted by atomic mass is 32.1. The third-order valence-corrected chi connectivity index (χ3v) is 5.20. The minimum Gasteiger partial charge on any atom is -0.375 e. The van der Waals surface area contributed by atoms with Crippen LogP contribution in [0, 0.1) is 33.6 Å². The second-order valence-corrected chi connectivity index (χ2v) is 7.82. The molecular weight excluding hydrogens is 414 g/mol. The molecule has 4 N–H and O–H groups in total. The molecule has 0 aromatic heterocycles. The zero-order valence-electron chi connectivity index (χ0n) is 17.6. The first kappa shape index (κ1) is 22.1. The largest absolute Gasteiger partial charge is 0.375 e. The lowest BCUT2D eigenvalue weighted by Crippen LogP contribution is -2.36. The van der Waals surface area contributed by atoms with Crippen LogP contribution in [-0.4, -0.2) is 28.5 Å². The zero-order chi connectivity index (χ0) is 22.9. The van der Waals surface area contributed by atoms with Gasteiger partial charge in [0.05, 0.1) is 5.69 Å². The molecule has 0 bridgehead atoms. The van der Waals surface area contributed by atoms with E-state index in [4.69, 9.17) is 18.0 Å². The van der Waals surface area contributed by atoms with Gasteiger partial charge in [0, 0.05) is 5.69 Å². The number of para-hydroxylation sites is 2. The van der Waals surface area contributed by atoms with E-state index in [0.717, 1.165) is 27.2 Å². The SMILES string of the molecule is Cc1cccc(C)c1NC(=O)[C@H]1C(=O)N(c2c(C)cccc2C)C(=O)/C1=N\NC(N)=S. The number of rotatable bonds is 4. The van der Waals surface area contributed by atoms with E-state index in [1.165, 1.54) is 0 Å². The van der Waals surface area contributed by atoms with Gasteiger partial charge in [0.15, 0.2) is 11.0 Å². The first-order valence-corrected chi connectivity index (χ1v) is 9.99. The molecule has 1 aliphatic heterocycles. The molecule has 1 atom stereocenters. The van der Waals surface area contributed by atoms with Crippen molar-refractivity contribution in [2.75, 3.05) is 10.2 Å². The van der Waals surface area contributed by atoms with Gasteiger partial charge in [-0.2, -0.15) is 5.10 Å². The summed E-state index contributed by atoms with van der Waals surface area (Å²) < 4.78 is 0. The zero-order valence-corrected chi connectivity index (χ0v) is 18.5. The third kappa shape index (κ3) is 4.17. The van der Waals surface area contributed by atoms with E-state index in [1.54, 1.807) is 26.0 Å². The topological polar surface area (TPSA) is 117 Å². The molecule has 31 heavy (non-hydrogen) atoms. The number of carbonyl (C=O) groups excluding carboxylic acids is 3. The Morgan fingerprint density at radius 3 is 2.03 bits per heavy atom. The summed E-state index contributed by atoms with van der Waals surface area (Å²) in [5, 5.41) is 6.50. The summed E-state index contributed by atoms with van der Waals surface area (Å²) in [6, 6.07) is 11.0. The van der Waals surface area contributed by atoms with Gasteiger partial charge in [0.2, 0.25) is 5.91 Å². The molecule has 0 unspecified atom stereocenters. The van der Waals surface area contributed by atoms with Crippen LogP contribution in [0.15, 0.2) is 41.5 Å². The van der Waals surface area contributed by atoms with Crippen molar-refractivity contribution in [3.8, 4) is 0 Å². The van der Waals surface area contributed by atoms with Crippen LogP contribution in [0.5, 0.6) is 0 Å². The number of hydrogen-bond acceptors (Lipinski definition) is 5. The van der Waals surface area contributed by atoms with E-state index >= 15 is 0 Å². The molecule has 0 radical (unpaired) electrons. The molecule has 1 heterocycles. The molecular formula is C22H23N5O3S. The van der Waals surface area contributed by atoms with Crippen LogP contribution >= 0.6 is 12.2 Å². The van der Waals surface area contributed by atoms with Crippen molar-refractivity contribution in [3.05, 3.63) is 58.7 Å². The maximum atomic E-state index is 13.3. The van der Waals surface area contributed by atoms with Crippen molar-refractivity contribution >= 4 is 52.1 Å². The number of anilines is 2. The van der Waals surface area contributed by atoms with Crippen LogP contribution in [0.1, 0.15) is 22.3 Å². The molecule has 0 spiro atoms. The Bertz CT molecular complexity index is 1100. The normalized spacial score (nSPS) is 17.2. The average Bonchev–Trinajstić information content (AvgIpc) is 2.93. The highest BCUT2D eigenvalue weighted by molar-refractivity contribution is 7.80. The van der Waals surface area contributed by atoms with Crippen molar-refractivity contribution in [3.63, 3.8) is 0 Å². The molecule has 9 heteroatoms. The van der Waals surface area contributed by atoms with Gasteiger partial charge in [-0.1, -0.05) is 36.4 Å². The summed E-state index contributed by atoms with van der Waals surface area (Å²) in [4.78, 5) is 40.7. The number of imide groups is 1. The highest BCUT2D eigenvalue weighted by Crippen LogP contribution is 2.32. The van der Waals surface area contributed by atoms with Gasteiger partial charge in [-0.3, -0.25) is 19.8 Å². The number of hydrogen-bond donors (Lipinski definition) is 3. The quantitative estimate of drug-likeness (QED) is 0.292. The first-order chi connectivity index (χ1) is 14.6. The van der Waals surface area contributed by atoms with Gasteiger partial charge >= 0.3 is 0 Å². The number of nitrogens with two attached hydrogens (primary N) is 1. The predicted octanol–water partition coefficient (Wildman–Crippen LogP) is 2.24. The van der Waals surface area contributed by atoms with E-state index < -0.39 is 23.6 Å². The lowest BCUT2D eigenvalue weighted by molar-refractivity contribution is -0.127. The Labute approximate surface area is 185 Å². The van der Waals surface area contributed by atoms with Crippen LogP contribution < -0.4 is 21.4 Å². The summed E-state index contributed by atoms with van der Waals surface area (Å²) in [6.45, 7) is 7.27. The monoisotopic (exact) mass is 437 g/mol. The number of nitrogens with one attached hydrogen (secondary N) is 2. The van der Waals surface area contributed by atoms with E-state index in [1.807, 2.05) is 38.1 Å². The van der Waals surface area contributed by atoms with E-state index in [2.05, 4.69) is 15.8 Å². The maximum absolute atomic E-state index is 13.3. The maximum Gasteiger partial charge on any atom is 0.282 e. The fourth-order valence-corrected chi connectivity index (χ4v) is 3.67. The summed E-state index contributed by atoms with van der Waals surface area (Å²) in [7, 11) is 0. The van der Waals surface area contributed by atoms with Gasteiger partial charge in [-0.25, -0.2) is 4.90 Å². The Balaban J connectivity index is 2.07. The van der Waals surface area contributed by atoms with Crippen LogP contribution in [0.2, 0.25) is 0 Å². The van der Waals surface area contributed by atoms with Crippen molar-refractivity contribution in [1.29, 1.82) is 0 Å². The molecule has 1 saturated heterocycles. The molecule has 8 nitrogen and oxygen atoms in total. The van der Waals surface area contributed by atoms with Crippen LogP contribution in [0.25, 0.3) is 0 Å². The molecule has 3 amide bonds. The Kier molecular flexibility index (Phi) is 6.16.